The summed E-state index contributed by atoms with van der Waals surface area (Å²) >= 11 is 0. The second kappa shape index (κ2) is 6.40. The second-order valence-corrected chi connectivity index (χ2v) is 4.68. The quantitative estimate of drug-likeness (QED) is 0.760. The molecule has 1 heterocycles. The van der Waals surface area contributed by atoms with E-state index in [1.165, 1.54) is 12.8 Å². The molecule has 1 aromatic rings. The number of amides is 1. The number of hydrogen-bond acceptors (Lipinski definition) is 3. The fourth-order valence-corrected chi connectivity index (χ4v) is 2.29. The molecule has 1 amide bonds. The zero-order valence-corrected chi connectivity index (χ0v) is 10.8. The molecule has 4 heteroatoms. The van der Waals surface area contributed by atoms with Crippen LogP contribution in [-0.4, -0.2) is 32.1 Å². The van der Waals surface area contributed by atoms with Crippen molar-refractivity contribution in [2.45, 2.75) is 25.3 Å². The highest BCUT2D eigenvalue weighted by Crippen LogP contribution is 2.16. The molecule has 3 N–H and O–H groups in total. The van der Waals surface area contributed by atoms with Crippen LogP contribution in [0.25, 0.3) is 0 Å². The van der Waals surface area contributed by atoms with Gasteiger partial charge in [0.1, 0.15) is 0 Å². The molecule has 1 aromatic carbocycles. The first-order valence-electron chi connectivity index (χ1n) is 6.59. The average molecular weight is 247 g/mol. The van der Waals surface area contributed by atoms with Gasteiger partial charge in [-0.2, -0.15) is 0 Å². The Morgan fingerprint density at radius 2 is 2.22 bits per heavy atom. The minimum atomic E-state index is -0.0406. The van der Waals surface area contributed by atoms with E-state index in [4.69, 9.17) is 0 Å². The lowest BCUT2D eigenvalue weighted by molar-refractivity contribution is 0.0963. The van der Waals surface area contributed by atoms with E-state index in [2.05, 4.69) is 16.0 Å². The number of benzene rings is 1. The Balaban J connectivity index is 2.01. The van der Waals surface area contributed by atoms with Crippen molar-refractivity contribution in [3.8, 4) is 0 Å². The van der Waals surface area contributed by atoms with E-state index in [0.29, 0.717) is 11.6 Å². The normalized spacial score (nSPS) is 19.9. The van der Waals surface area contributed by atoms with Crippen LogP contribution < -0.4 is 16.0 Å². The molecule has 0 saturated carbocycles. The molecule has 0 bridgehead atoms. The van der Waals surface area contributed by atoms with Crippen molar-refractivity contribution >= 4 is 11.6 Å². The molecule has 1 aliphatic rings. The molecular formula is C14H21N3O. The molecule has 0 aromatic heterocycles. The van der Waals surface area contributed by atoms with Crippen molar-refractivity contribution in [3.05, 3.63) is 29.8 Å². The molecule has 18 heavy (non-hydrogen) atoms. The lowest BCUT2D eigenvalue weighted by Gasteiger charge is -2.17. The number of rotatable bonds is 3. The lowest BCUT2D eigenvalue weighted by Crippen LogP contribution is -2.22. The molecule has 98 valence electrons. The van der Waals surface area contributed by atoms with E-state index in [1.807, 2.05) is 24.3 Å². The highest BCUT2D eigenvalue weighted by molar-refractivity contribution is 5.94. The summed E-state index contributed by atoms with van der Waals surface area (Å²) in [5.74, 6) is -0.0406. The highest BCUT2D eigenvalue weighted by atomic mass is 16.1. The summed E-state index contributed by atoms with van der Waals surface area (Å²) in [5.41, 5.74) is 1.73. The van der Waals surface area contributed by atoms with Crippen LogP contribution in [0.3, 0.4) is 0 Å². The van der Waals surface area contributed by atoms with Crippen LogP contribution in [0, 0.1) is 0 Å². The number of carbonyl (C=O) groups excluding carboxylic acids is 1. The molecule has 1 unspecified atom stereocenters. The Kier molecular flexibility index (Phi) is 4.59. The van der Waals surface area contributed by atoms with Gasteiger partial charge >= 0.3 is 0 Å². The number of hydrogen-bond donors (Lipinski definition) is 3. The van der Waals surface area contributed by atoms with Gasteiger partial charge in [-0.1, -0.05) is 6.07 Å². The number of carbonyl (C=O) groups is 1. The fourth-order valence-electron chi connectivity index (χ4n) is 2.29. The Morgan fingerprint density at radius 1 is 1.33 bits per heavy atom. The minimum Gasteiger partial charge on any atom is -0.382 e. The molecule has 0 aliphatic carbocycles. The zero-order chi connectivity index (χ0) is 12.8. The lowest BCUT2D eigenvalue weighted by atomic mass is 10.1. The Morgan fingerprint density at radius 3 is 3.06 bits per heavy atom. The molecule has 4 nitrogen and oxygen atoms in total. The molecule has 0 radical (unpaired) electrons. The molecule has 0 spiro atoms. The maximum absolute atomic E-state index is 11.6. The van der Waals surface area contributed by atoms with Gasteiger partial charge in [0.25, 0.3) is 5.91 Å². The van der Waals surface area contributed by atoms with Crippen LogP contribution in [0.2, 0.25) is 0 Å². The van der Waals surface area contributed by atoms with Crippen molar-refractivity contribution in [1.82, 2.24) is 10.6 Å². The molecule has 1 fully saturated rings. The first-order valence-corrected chi connectivity index (χ1v) is 6.59. The van der Waals surface area contributed by atoms with Crippen LogP contribution >= 0.6 is 0 Å². The zero-order valence-electron chi connectivity index (χ0n) is 10.8. The Hall–Kier alpha value is -1.55. The maximum atomic E-state index is 11.6. The largest absolute Gasteiger partial charge is 0.382 e. The minimum absolute atomic E-state index is 0.0406. The summed E-state index contributed by atoms with van der Waals surface area (Å²) in [6.45, 7) is 2.17. The standard InChI is InChI=1S/C14H21N3O/c1-15-14(18)11-4-2-5-13(10-11)17-12-6-3-8-16-9-7-12/h2,4-5,10,12,16-17H,3,6-9H2,1H3,(H,15,18). The van der Waals surface area contributed by atoms with E-state index in [1.54, 1.807) is 7.05 Å². The highest BCUT2D eigenvalue weighted by Gasteiger charge is 2.12. The number of anilines is 1. The van der Waals surface area contributed by atoms with Gasteiger partial charge in [-0.15, -0.1) is 0 Å². The predicted octanol–water partition coefficient (Wildman–Crippen LogP) is 1.60. The van der Waals surface area contributed by atoms with Gasteiger partial charge in [0, 0.05) is 24.3 Å². The molecule has 1 aliphatic heterocycles. The van der Waals surface area contributed by atoms with Gasteiger partial charge in [0.15, 0.2) is 0 Å². The van der Waals surface area contributed by atoms with Crippen molar-refractivity contribution in [2.75, 3.05) is 25.5 Å². The Labute approximate surface area is 108 Å². The second-order valence-electron chi connectivity index (χ2n) is 4.68. The van der Waals surface area contributed by atoms with E-state index in [9.17, 15) is 4.79 Å². The predicted molar refractivity (Wildman–Crippen MR) is 74.0 cm³/mol. The fraction of sp³-hybridized carbons (Fsp3) is 0.500. The van der Waals surface area contributed by atoms with Crippen molar-refractivity contribution in [2.24, 2.45) is 0 Å². The maximum Gasteiger partial charge on any atom is 0.251 e. The van der Waals surface area contributed by atoms with Gasteiger partial charge < -0.3 is 16.0 Å². The van der Waals surface area contributed by atoms with Crippen LogP contribution in [0.1, 0.15) is 29.6 Å². The van der Waals surface area contributed by atoms with Crippen LogP contribution in [0.5, 0.6) is 0 Å². The third-order valence-corrected chi connectivity index (χ3v) is 3.30. The number of nitrogens with one attached hydrogen (secondary N) is 3. The van der Waals surface area contributed by atoms with Gasteiger partial charge in [-0.05, 0) is 50.6 Å². The summed E-state index contributed by atoms with van der Waals surface area (Å²) in [7, 11) is 1.65. The smallest absolute Gasteiger partial charge is 0.251 e. The molecular weight excluding hydrogens is 226 g/mol. The van der Waals surface area contributed by atoms with E-state index in [0.717, 1.165) is 25.2 Å². The molecule has 2 rings (SSSR count). The van der Waals surface area contributed by atoms with Crippen molar-refractivity contribution in [3.63, 3.8) is 0 Å². The monoisotopic (exact) mass is 247 g/mol. The summed E-state index contributed by atoms with van der Waals surface area (Å²) in [6.07, 6.45) is 3.51. The summed E-state index contributed by atoms with van der Waals surface area (Å²) in [5, 5.41) is 9.56. The topological polar surface area (TPSA) is 53.2 Å². The van der Waals surface area contributed by atoms with Gasteiger partial charge in [-0.3, -0.25) is 4.79 Å². The van der Waals surface area contributed by atoms with Gasteiger partial charge in [-0.25, -0.2) is 0 Å². The summed E-state index contributed by atoms with van der Waals surface area (Å²) < 4.78 is 0. The third-order valence-electron chi connectivity index (χ3n) is 3.30. The SMILES string of the molecule is CNC(=O)c1cccc(NC2CCCNCC2)c1. The van der Waals surface area contributed by atoms with Gasteiger partial charge in [0.2, 0.25) is 0 Å². The van der Waals surface area contributed by atoms with Crippen LogP contribution in [-0.2, 0) is 0 Å². The molecule has 1 saturated heterocycles. The molecule has 1 atom stereocenters. The van der Waals surface area contributed by atoms with E-state index >= 15 is 0 Å². The van der Waals surface area contributed by atoms with Crippen LogP contribution in [0.4, 0.5) is 5.69 Å². The third kappa shape index (κ3) is 3.47. The van der Waals surface area contributed by atoms with Gasteiger partial charge in [0.05, 0.1) is 0 Å². The van der Waals surface area contributed by atoms with E-state index < -0.39 is 0 Å². The summed E-state index contributed by atoms with van der Waals surface area (Å²) in [6, 6.07) is 8.18. The van der Waals surface area contributed by atoms with E-state index in [-0.39, 0.29) is 5.91 Å². The van der Waals surface area contributed by atoms with Crippen molar-refractivity contribution < 1.29 is 4.79 Å². The first-order chi connectivity index (χ1) is 8.79. The van der Waals surface area contributed by atoms with Crippen molar-refractivity contribution in [1.29, 1.82) is 0 Å². The van der Waals surface area contributed by atoms with Crippen LogP contribution in [0.15, 0.2) is 24.3 Å². The first kappa shape index (κ1) is 12.9. The summed E-state index contributed by atoms with van der Waals surface area (Å²) in [4.78, 5) is 11.6. The Bertz CT molecular complexity index is 398. The average Bonchev–Trinajstić information content (AvgIpc) is 2.67.